The maximum absolute atomic E-state index is 12.4. The molecular weight excluding hydrogens is 304 g/mol. The Kier molecular flexibility index (Phi) is 4.30. The second kappa shape index (κ2) is 6.26. The topological polar surface area (TPSA) is 78.1 Å². The van der Waals surface area contributed by atoms with E-state index in [1.54, 1.807) is 12.4 Å². The Bertz CT molecular complexity index is 752. The lowest BCUT2D eigenvalue weighted by Gasteiger charge is -2.36. The van der Waals surface area contributed by atoms with E-state index in [0.717, 1.165) is 23.9 Å². The smallest absolute Gasteiger partial charge is 0.251 e. The summed E-state index contributed by atoms with van der Waals surface area (Å²) >= 11 is 0. The number of hydrogen-bond acceptors (Lipinski definition) is 3. The molecule has 1 aromatic heterocycles. The van der Waals surface area contributed by atoms with Crippen LogP contribution in [-0.4, -0.2) is 45.8 Å². The van der Waals surface area contributed by atoms with Crippen molar-refractivity contribution >= 4 is 22.8 Å². The third-order valence-corrected chi connectivity index (χ3v) is 4.44. The summed E-state index contributed by atoms with van der Waals surface area (Å²) in [7, 11) is 0. The van der Waals surface area contributed by atoms with Crippen molar-refractivity contribution in [1.29, 1.82) is 0 Å². The van der Waals surface area contributed by atoms with Gasteiger partial charge in [-0.15, -0.1) is 0 Å². The van der Waals surface area contributed by atoms with Gasteiger partial charge in [0.1, 0.15) is 0 Å². The quantitative estimate of drug-likeness (QED) is 0.888. The Hall–Kier alpha value is -2.37. The number of rotatable bonds is 2. The molecule has 6 heteroatoms. The largest absolute Gasteiger partial charge is 0.349 e. The molecule has 1 aromatic carbocycles. The molecule has 2 amide bonds. The van der Waals surface area contributed by atoms with Crippen molar-refractivity contribution in [2.45, 2.75) is 39.7 Å². The number of imidazole rings is 1. The number of nitrogens with one attached hydrogen (secondary N) is 2. The van der Waals surface area contributed by atoms with Crippen LogP contribution in [0.2, 0.25) is 0 Å². The fraction of sp³-hybridized carbons (Fsp3) is 0.500. The fourth-order valence-electron chi connectivity index (χ4n) is 3.05. The van der Waals surface area contributed by atoms with Gasteiger partial charge in [-0.25, -0.2) is 4.98 Å². The Morgan fingerprint density at radius 2 is 1.96 bits per heavy atom. The first-order chi connectivity index (χ1) is 11.3. The van der Waals surface area contributed by atoms with Gasteiger partial charge in [0.05, 0.1) is 17.4 Å². The molecule has 0 unspecified atom stereocenters. The molecule has 0 bridgehead atoms. The number of fused-ring (bicyclic) bond motifs is 1. The van der Waals surface area contributed by atoms with Gasteiger partial charge in [-0.2, -0.15) is 0 Å². The molecule has 2 heterocycles. The van der Waals surface area contributed by atoms with Crippen LogP contribution in [0.4, 0.5) is 0 Å². The van der Waals surface area contributed by atoms with Gasteiger partial charge in [-0.05, 0) is 31.0 Å². The van der Waals surface area contributed by atoms with Gasteiger partial charge in [0.2, 0.25) is 5.91 Å². The van der Waals surface area contributed by atoms with Crippen molar-refractivity contribution in [1.82, 2.24) is 20.2 Å². The fourth-order valence-corrected chi connectivity index (χ4v) is 3.05. The van der Waals surface area contributed by atoms with E-state index < -0.39 is 0 Å². The molecule has 0 radical (unpaired) electrons. The molecular formula is C18H24N4O2. The summed E-state index contributed by atoms with van der Waals surface area (Å²) in [5, 5.41) is 3.08. The van der Waals surface area contributed by atoms with Crippen LogP contribution in [-0.2, 0) is 4.79 Å². The molecule has 3 rings (SSSR count). The number of hydrogen-bond donors (Lipinski definition) is 2. The summed E-state index contributed by atoms with van der Waals surface area (Å²) < 4.78 is 0. The lowest BCUT2D eigenvalue weighted by Crippen LogP contribution is -2.49. The monoisotopic (exact) mass is 328 g/mol. The average Bonchev–Trinajstić information content (AvgIpc) is 3.01. The number of carbonyl (C=O) groups is 2. The number of aromatic amines is 1. The standard InChI is InChI=1S/C18H24N4O2/c1-18(2,3)17(24)22-8-6-13(7-9-22)21-16(23)12-4-5-14-15(10-12)20-11-19-14/h4-5,10-11,13H,6-9H2,1-3H3,(H,19,20)(H,21,23). The van der Waals surface area contributed by atoms with E-state index in [1.165, 1.54) is 0 Å². The van der Waals surface area contributed by atoms with E-state index in [1.807, 2.05) is 37.8 Å². The van der Waals surface area contributed by atoms with Gasteiger partial charge >= 0.3 is 0 Å². The van der Waals surface area contributed by atoms with Crippen LogP contribution in [0.3, 0.4) is 0 Å². The van der Waals surface area contributed by atoms with Gasteiger partial charge < -0.3 is 15.2 Å². The van der Waals surface area contributed by atoms with E-state index in [4.69, 9.17) is 0 Å². The van der Waals surface area contributed by atoms with E-state index in [2.05, 4.69) is 15.3 Å². The molecule has 0 saturated carbocycles. The highest BCUT2D eigenvalue weighted by atomic mass is 16.2. The highest BCUT2D eigenvalue weighted by molar-refractivity contribution is 5.97. The van der Waals surface area contributed by atoms with Gasteiger partial charge in [-0.1, -0.05) is 20.8 Å². The van der Waals surface area contributed by atoms with Gasteiger partial charge in [-0.3, -0.25) is 9.59 Å². The molecule has 1 aliphatic rings. The minimum Gasteiger partial charge on any atom is -0.349 e. The second-order valence-electron chi connectivity index (χ2n) is 7.42. The van der Waals surface area contributed by atoms with Crippen LogP contribution in [0.25, 0.3) is 11.0 Å². The maximum atomic E-state index is 12.4. The first-order valence-electron chi connectivity index (χ1n) is 8.38. The molecule has 6 nitrogen and oxygen atoms in total. The summed E-state index contributed by atoms with van der Waals surface area (Å²) in [6.07, 6.45) is 3.20. The Morgan fingerprint density at radius 3 is 2.62 bits per heavy atom. The van der Waals surface area contributed by atoms with Crippen LogP contribution < -0.4 is 5.32 Å². The number of benzene rings is 1. The Balaban J connectivity index is 1.57. The van der Waals surface area contributed by atoms with Crippen molar-refractivity contribution in [2.75, 3.05) is 13.1 Å². The number of likely N-dealkylation sites (tertiary alicyclic amines) is 1. The van der Waals surface area contributed by atoms with Crippen LogP contribution >= 0.6 is 0 Å². The Labute approximate surface area is 141 Å². The van der Waals surface area contributed by atoms with E-state index >= 15 is 0 Å². The molecule has 1 saturated heterocycles. The minimum atomic E-state index is -0.352. The predicted octanol–water partition coefficient (Wildman–Crippen LogP) is 2.33. The molecule has 0 atom stereocenters. The highest BCUT2D eigenvalue weighted by Crippen LogP contribution is 2.21. The highest BCUT2D eigenvalue weighted by Gasteiger charge is 2.30. The lowest BCUT2D eigenvalue weighted by molar-refractivity contribution is -0.140. The van der Waals surface area contributed by atoms with Crippen LogP contribution in [0.5, 0.6) is 0 Å². The number of aromatic nitrogens is 2. The Morgan fingerprint density at radius 1 is 1.25 bits per heavy atom. The van der Waals surface area contributed by atoms with Crippen molar-refractivity contribution in [3.05, 3.63) is 30.1 Å². The second-order valence-corrected chi connectivity index (χ2v) is 7.42. The summed E-state index contributed by atoms with van der Waals surface area (Å²) in [5.41, 5.74) is 1.98. The zero-order valence-corrected chi connectivity index (χ0v) is 14.4. The number of nitrogens with zero attached hydrogens (tertiary/aromatic N) is 2. The van der Waals surface area contributed by atoms with Crippen molar-refractivity contribution in [3.8, 4) is 0 Å². The van der Waals surface area contributed by atoms with Gasteiger partial charge in [0.15, 0.2) is 0 Å². The van der Waals surface area contributed by atoms with Gasteiger partial charge in [0.25, 0.3) is 5.91 Å². The third-order valence-electron chi connectivity index (χ3n) is 4.44. The zero-order chi connectivity index (χ0) is 17.3. The summed E-state index contributed by atoms with van der Waals surface area (Å²) in [6.45, 7) is 7.21. The molecule has 1 aliphatic heterocycles. The number of carbonyl (C=O) groups excluding carboxylic acids is 2. The van der Waals surface area contributed by atoms with E-state index in [0.29, 0.717) is 18.7 Å². The van der Waals surface area contributed by atoms with Gasteiger partial charge in [0, 0.05) is 30.1 Å². The molecule has 2 N–H and O–H groups in total. The number of H-pyrrole nitrogens is 1. The summed E-state index contributed by atoms with van der Waals surface area (Å²) in [6, 6.07) is 5.55. The number of amides is 2. The minimum absolute atomic E-state index is 0.0768. The van der Waals surface area contributed by atoms with Crippen LogP contribution in [0.15, 0.2) is 24.5 Å². The molecule has 128 valence electrons. The zero-order valence-electron chi connectivity index (χ0n) is 14.4. The van der Waals surface area contributed by atoms with Crippen molar-refractivity contribution < 1.29 is 9.59 Å². The first kappa shape index (κ1) is 16.5. The molecule has 24 heavy (non-hydrogen) atoms. The maximum Gasteiger partial charge on any atom is 0.251 e. The number of piperidine rings is 1. The van der Waals surface area contributed by atoms with E-state index in [-0.39, 0.29) is 23.3 Å². The SMILES string of the molecule is CC(C)(C)C(=O)N1CCC(NC(=O)c2ccc3nc[nH]c3c2)CC1. The lowest BCUT2D eigenvalue weighted by atomic mass is 9.93. The van der Waals surface area contributed by atoms with Crippen molar-refractivity contribution in [2.24, 2.45) is 5.41 Å². The average molecular weight is 328 g/mol. The molecule has 2 aromatic rings. The van der Waals surface area contributed by atoms with Crippen molar-refractivity contribution in [3.63, 3.8) is 0 Å². The molecule has 0 aliphatic carbocycles. The normalized spacial score (nSPS) is 16.4. The van der Waals surface area contributed by atoms with E-state index in [9.17, 15) is 9.59 Å². The van der Waals surface area contributed by atoms with Crippen LogP contribution in [0, 0.1) is 5.41 Å². The third kappa shape index (κ3) is 3.42. The molecule has 1 fully saturated rings. The first-order valence-corrected chi connectivity index (χ1v) is 8.38. The summed E-state index contributed by atoms with van der Waals surface area (Å²) in [5.74, 6) is 0.101. The van der Waals surface area contributed by atoms with Crippen LogP contribution in [0.1, 0.15) is 44.0 Å². The predicted molar refractivity (Wildman–Crippen MR) is 92.6 cm³/mol. The molecule has 0 spiro atoms. The summed E-state index contributed by atoms with van der Waals surface area (Å²) in [4.78, 5) is 33.8.